The molecule has 1 aliphatic heterocycles. The lowest BCUT2D eigenvalue weighted by atomic mass is 10.0. The third kappa shape index (κ3) is 6.21. The molecule has 0 saturated heterocycles. The molecule has 10 nitrogen and oxygen atoms in total. The summed E-state index contributed by atoms with van der Waals surface area (Å²) in [5.74, 6) is -0.257. The van der Waals surface area contributed by atoms with E-state index < -0.39 is 16.1 Å². The van der Waals surface area contributed by atoms with Crippen LogP contribution in [0.15, 0.2) is 35.4 Å². The Balaban J connectivity index is 1.86. The van der Waals surface area contributed by atoms with Crippen LogP contribution >= 0.6 is 0 Å². The Labute approximate surface area is 201 Å². The van der Waals surface area contributed by atoms with Crippen LogP contribution in [0.25, 0.3) is 0 Å². The normalized spacial score (nSPS) is 21.6. The van der Waals surface area contributed by atoms with Crippen LogP contribution in [0.1, 0.15) is 37.9 Å². The fourth-order valence-electron chi connectivity index (χ4n) is 3.99. The lowest BCUT2D eigenvalue weighted by molar-refractivity contribution is -0.136. The van der Waals surface area contributed by atoms with Gasteiger partial charge in [-0.05, 0) is 32.4 Å². The van der Waals surface area contributed by atoms with E-state index in [4.69, 9.17) is 4.74 Å². The number of benzene rings is 1. The Bertz CT molecular complexity index is 1060. The third-order valence-corrected chi connectivity index (χ3v) is 8.14. The second kappa shape index (κ2) is 11.4. The smallest absolute Gasteiger partial charge is 0.242 e. The molecule has 2 heterocycles. The number of ether oxygens (including phenoxy) is 1. The van der Waals surface area contributed by atoms with Gasteiger partial charge in [0.1, 0.15) is 0 Å². The highest BCUT2D eigenvalue weighted by molar-refractivity contribution is 7.89. The SMILES string of the molecule is Cc1ccc(S(=O)(=O)N(C)C[C@@H]2OCc3cnnn3CCCC(=O)N([C@H](C)CO)C[C@@H]2C)cc1. The monoisotopic (exact) mass is 493 g/mol. The molecule has 2 aromatic rings. The van der Waals surface area contributed by atoms with Crippen molar-refractivity contribution in [1.82, 2.24) is 24.2 Å². The van der Waals surface area contributed by atoms with Gasteiger partial charge < -0.3 is 14.7 Å². The van der Waals surface area contributed by atoms with Crippen molar-refractivity contribution >= 4 is 15.9 Å². The summed E-state index contributed by atoms with van der Waals surface area (Å²) in [5.41, 5.74) is 1.75. The van der Waals surface area contributed by atoms with Gasteiger partial charge in [0, 0.05) is 39.0 Å². The minimum atomic E-state index is -3.72. The predicted molar refractivity (Wildman–Crippen MR) is 126 cm³/mol. The van der Waals surface area contributed by atoms with Crippen molar-refractivity contribution in [3.63, 3.8) is 0 Å². The van der Waals surface area contributed by atoms with E-state index in [1.54, 1.807) is 47.0 Å². The number of carbonyl (C=O) groups excluding carboxylic acids is 1. The van der Waals surface area contributed by atoms with Gasteiger partial charge in [0.25, 0.3) is 0 Å². The van der Waals surface area contributed by atoms with Gasteiger partial charge in [-0.3, -0.25) is 4.79 Å². The van der Waals surface area contributed by atoms with Crippen LogP contribution in [0.4, 0.5) is 0 Å². The molecule has 0 unspecified atom stereocenters. The van der Waals surface area contributed by atoms with Crippen molar-refractivity contribution < 1.29 is 23.1 Å². The Hall–Kier alpha value is -2.34. The van der Waals surface area contributed by atoms with Gasteiger partial charge in [0.05, 0.1) is 42.1 Å². The number of likely N-dealkylation sites (N-methyl/N-ethyl adjacent to an activating group) is 1. The van der Waals surface area contributed by atoms with Crippen LogP contribution in [-0.2, 0) is 32.7 Å². The van der Waals surface area contributed by atoms with Crippen LogP contribution in [0.3, 0.4) is 0 Å². The molecule has 3 rings (SSSR count). The van der Waals surface area contributed by atoms with E-state index in [1.807, 2.05) is 13.8 Å². The molecular formula is C23H35N5O5S. The maximum Gasteiger partial charge on any atom is 0.242 e. The highest BCUT2D eigenvalue weighted by Crippen LogP contribution is 2.21. The molecule has 3 atom stereocenters. The standard InChI is InChI=1S/C23H35N5O5S/c1-17-7-9-21(10-8-17)34(31,32)26(4)14-22-18(2)13-27(19(3)15-29)23(30)6-5-11-28-20(16-33-22)12-24-25-28/h7-10,12,18-19,22,29H,5-6,11,13-16H2,1-4H3/t18-,19+,22-/m0/s1. The van der Waals surface area contributed by atoms with Crippen molar-refractivity contribution in [3.05, 3.63) is 41.7 Å². The molecule has 1 aliphatic rings. The number of aromatic nitrogens is 3. The van der Waals surface area contributed by atoms with Gasteiger partial charge in [-0.15, -0.1) is 5.10 Å². The van der Waals surface area contributed by atoms with E-state index in [-0.39, 0.29) is 42.5 Å². The second-order valence-electron chi connectivity index (χ2n) is 9.06. The Morgan fingerprint density at radius 2 is 2.00 bits per heavy atom. The second-order valence-corrected chi connectivity index (χ2v) is 11.1. The van der Waals surface area contributed by atoms with Gasteiger partial charge in [-0.25, -0.2) is 13.1 Å². The van der Waals surface area contributed by atoms with E-state index >= 15 is 0 Å². The molecule has 1 N–H and O–H groups in total. The first-order valence-electron chi connectivity index (χ1n) is 11.6. The van der Waals surface area contributed by atoms with Crippen LogP contribution < -0.4 is 0 Å². The number of aliphatic hydroxyl groups is 1. The number of aliphatic hydroxyl groups excluding tert-OH is 1. The zero-order valence-corrected chi connectivity index (χ0v) is 21.1. The van der Waals surface area contributed by atoms with E-state index in [2.05, 4.69) is 10.3 Å². The molecule has 188 valence electrons. The first-order valence-corrected chi connectivity index (χ1v) is 13.0. The zero-order valence-electron chi connectivity index (χ0n) is 20.3. The average Bonchev–Trinajstić information content (AvgIpc) is 3.25. The number of amides is 1. The largest absolute Gasteiger partial charge is 0.394 e. The Morgan fingerprint density at radius 3 is 2.68 bits per heavy atom. The Morgan fingerprint density at radius 1 is 1.29 bits per heavy atom. The third-order valence-electron chi connectivity index (χ3n) is 6.31. The molecule has 1 amide bonds. The molecule has 0 spiro atoms. The maximum atomic E-state index is 13.2. The maximum absolute atomic E-state index is 13.2. The lowest BCUT2D eigenvalue weighted by Crippen LogP contribution is -2.47. The molecule has 0 radical (unpaired) electrons. The summed E-state index contributed by atoms with van der Waals surface area (Å²) in [6.45, 7) is 6.69. The van der Waals surface area contributed by atoms with Gasteiger partial charge in [-0.1, -0.05) is 29.8 Å². The summed E-state index contributed by atoms with van der Waals surface area (Å²) in [6, 6.07) is 6.38. The highest BCUT2D eigenvalue weighted by Gasteiger charge is 2.31. The number of nitrogens with zero attached hydrogens (tertiary/aromatic N) is 5. The highest BCUT2D eigenvalue weighted by atomic mass is 32.2. The van der Waals surface area contributed by atoms with E-state index in [0.29, 0.717) is 25.9 Å². The first kappa shape index (κ1) is 26.3. The van der Waals surface area contributed by atoms with Crippen molar-refractivity contribution in [3.8, 4) is 0 Å². The van der Waals surface area contributed by atoms with E-state index in [9.17, 15) is 18.3 Å². The summed E-state index contributed by atoms with van der Waals surface area (Å²) in [5, 5.41) is 17.8. The van der Waals surface area contributed by atoms with Gasteiger partial charge in [-0.2, -0.15) is 4.31 Å². The Kier molecular flexibility index (Phi) is 8.80. The van der Waals surface area contributed by atoms with E-state index in [1.165, 1.54) is 11.4 Å². The predicted octanol–water partition coefficient (Wildman–Crippen LogP) is 1.43. The summed E-state index contributed by atoms with van der Waals surface area (Å²) in [4.78, 5) is 14.8. The number of fused-ring (bicyclic) bond motifs is 1. The van der Waals surface area contributed by atoms with Crippen molar-refractivity contribution in [2.45, 2.75) is 63.8 Å². The molecule has 11 heteroatoms. The molecule has 1 aromatic heterocycles. The summed E-state index contributed by atoms with van der Waals surface area (Å²) < 4.78 is 35.6. The van der Waals surface area contributed by atoms with Crippen LogP contribution in [0, 0.1) is 12.8 Å². The zero-order chi connectivity index (χ0) is 24.9. The lowest BCUT2D eigenvalue weighted by Gasteiger charge is -2.35. The molecular weight excluding hydrogens is 458 g/mol. The topological polar surface area (TPSA) is 118 Å². The minimum absolute atomic E-state index is 0.0602. The fraction of sp³-hybridized carbons (Fsp3) is 0.609. The van der Waals surface area contributed by atoms with Gasteiger partial charge in [0.15, 0.2) is 0 Å². The number of sulfonamides is 1. The molecule has 0 bridgehead atoms. The minimum Gasteiger partial charge on any atom is -0.394 e. The van der Waals surface area contributed by atoms with Crippen molar-refractivity contribution in [1.29, 1.82) is 0 Å². The number of carbonyl (C=O) groups is 1. The molecule has 0 fully saturated rings. The van der Waals surface area contributed by atoms with Gasteiger partial charge in [0.2, 0.25) is 15.9 Å². The van der Waals surface area contributed by atoms with Crippen LogP contribution in [0.2, 0.25) is 0 Å². The molecule has 1 aromatic carbocycles. The summed E-state index contributed by atoms with van der Waals surface area (Å²) in [7, 11) is -2.19. The average molecular weight is 494 g/mol. The number of hydrogen-bond donors (Lipinski definition) is 1. The quantitative estimate of drug-likeness (QED) is 0.647. The fourth-order valence-corrected chi connectivity index (χ4v) is 5.17. The van der Waals surface area contributed by atoms with E-state index in [0.717, 1.165) is 11.3 Å². The number of hydrogen-bond acceptors (Lipinski definition) is 7. The molecule has 0 aliphatic carbocycles. The summed E-state index contributed by atoms with van der Waals surface area (Å²) in [6.07, 6.45) is 2.04. The molecule has 34 heavy (non-hydrogen) atoms. The van der Waals surface area contributed by atoms with Crippen LogP contribution in [-0.4, -0.2) is 82.5 Å². The van der Waals surface area contributed by atoms with Gasteiger partial charge >= 0.3 is 0 Å². The van der Waals surface area contributed by atoms with Crippen molar-refractivity contribution in [2.75, 3.05) is 26.7 Å². The first-order chi connectivity index (χ1) is 16.1. The van der Waals surface area contributed by atoms with Crippen molar-refractivity contribution in [2.24, 2.45) is 5.92 Å². The molecule has 0 saturated carbocycles. The summed E-state index contributed by atoms with van der Waals surface area (Å²) >= 11 is 0. The van der Waals surface area contributed by atoms with Crippen LogP contribution in [0.5, 0.6) is 0 Å². The number of aryl methyl sites for hydroxylation is 2. The number of rotatable bonds is 6.